The lowest BCUT2D eigenvalue weighted by molar-refractivity contribution is -0.161. The molecule has 0 radical (unpaired) electrons. The SMILES string of the molecule is CC/C=C\C/C=C\C/C=C\C/C=C\C/C=C\CCCCCCCC(=O)OCC(O)COP(=O)(O)OCC(O)COP(=O)(O)OCC(COC(=O)CCCCCC/C=C\C/C=C\C/C=C\C/C=C\CC)OC(=O)CCCCCCCCCCCCC. The van der Waals surface area contributed by atoms with Crippen molar-refractivity contribution in [3.8, 4) is 0 Å². The van der Waals surface area contributed by atoms with Gasteiger partial charge in [-0.2, -0.15) is 0 Å². The van der Waals surface area contributed by atoms with Crippen molar-refractivity contribution in [3.05, 3.63) is 109 Å². The van der Waals surface area contributed by atoms with Crippen molar-refractivity contribution >= 4 is 33.6 Å². The standard InChI is InChI=1S/C67H114O16P2/c1-4-7-10-13-16-19-22-24-26-28-29-30-31-33-35-36-39-41-44-47-50-53-65(70)77-56-62(68)57-79-84(73,74)80-58-63(69)59-81-85(75,76)82-61-64(83-67(72)55-52-49-46-43-38-21-18-15-12-9-6-3)60-78-66(71)54-51-48-45-42-40-37-34-32-27-25-23-20-17-14-11-8-5-2/h7-8,10-11,16-17,19-20,24-27,29-30,33-35,37,62-64,68-69H,4-6,9,12-15,18,21-23,28,31-32,36,38-61H2,1-3H3,(H,73,74)(H,75,76)/b10-7-,11-8-,19-16-,20-17-,26-24-,27-25-,30-29-,35-33-,37-34-. The topological polar surface area (TPSA) is 231 Å². The van der Waals surface area contributed by atoms with Crippen LogP contribution in [-0.2, 0) is 55.8 Å². The average molecular weight is 1240 g/mol. The number of esters is 3. The maximum absolute atomic E-state index is 12.8. The molecule has 0 aliphatic carbocycles. The lowest BCUT2D eigenvalue weighted by Crippen LogP contribution is -2.30. The number of rotatable bonds is 60. The summed E-state index contributed by atoms with van der Waals surface area (Å²) in [4.78, 5) is 58.2. The van der Waals surface area contributed by atoms with Crippen LogP contribution in [0.1, 0.15) is 239 Å². The Hall–Kier alpha value is -3.79. The molecule has 5 unspecified atom stereocenters. The molecular formula is C67H114O16P2. The van der Waals surface area contributed by atoms with Crippen molar-refractivity contribution in [2.45, 2.75) is 257 Å². The molecule has 0 heterocycles. The molecule has 0 bridgehead atoms. The summed E-state index contributed by atoms with van der Waals surface area (Å²) in [6.07, 6.45) is 65.8. The maximum Gasteiger partial charge on any atom is 0.472 e. The van der Waals surface area contributed by atoms with Crippen LogP contribution in [0.25, 0.3) is 0 Å². The van der Waals surface area contributed by atoms with E-state index >= 15 is 0 Å². The minimum atomic E-state index is -4.92. The number of carbonyl (C=O) groups is 3. The summed E-state index contributed by atoms with van der Waals surface area (Å²) < 4.78 is 60.7. The lowest BCUT2D eigenvalue weighted by Gasteiger charge is -2.21. The van der Waals surface area contributed by atoms with Crippen LogP contribution in [0.5, 0.6) is 0 Å². The summed E-state index contributed by atoms with van der Waals surface area (Å²) in [5.41, 5.74) is 0. The molecule has 4 N–H and O–H groups in total. The molecule has 16 nitrogen and oxygen atoms in total. The van der Waals surface area contributed by atoms with E-state index in [1.54, 1.807) is 0 Å². The monoisotopic (exact) mass is 1240 g/mol. The van der Waals surface area contributed by atoms with Crippen LogP contribution in [0, 0.1) is 0 Å². The molecule has 0 aliphatic heterocycles. The molecule has 0 rings (SSSR count). The van der Waals surface area contributed by atoms with E-state index in [2.05, 4.69) is 130 Å². The third-order valence-electron chi connectivity index (χ3n) is 13.0. The van der Waals surface area contributed by atoms with E-state index in [1.165, 1.54) is 38.5 Å². The molecule has 0 saturated carbocycles. The van der Waals surface area contributed by atoms with Gasteiger partial charge in [-0.3, -0.25) is 32.5 Å². The van der Waals surface area contributed by atoms with Gasteiger partial charge in [-0.25, -0.2) is 9.13 Å². The van der Waals surface area contributed by atoms with Gasteiger partial charge in [0.05, 0.1) is 26.4 Å². The highest BCUT2D eigenvalue weighted by Crippen LogP contribution is 2.45. The van der Waals surface area contributed by atoms with E-state index in [9.17, 15) is 43.5 Å². The van der Waals surface area contributed by atoms with E-state index in [4.69, 9.17) is 32.3 Å². The zero-order valence-corrected chi connectivity index (χ0v) is 54.3. The zero-order chi connectivity index (χ0) is 62.4. The van der Waals surface area contributed by atoms with E-state index in [0.29, 0.717) is 19.3 Å². The number of aliphatic hydroxyl groups is 2. The summed E-state index contributed by atoms with van der Waals surface area (Å²) in [6, 6.07) is 0. The van der Waals surface area contributed by atoms with Crippen LogP contribution in [-0.4, -0.2) is 95.9 Å². The van der Waals surface area contributed by atoms with Crippen LogP contribution >= 0.6 is 15.6 Å². The Morgan fingerprint density at radius 2 is 0.624 bits per heavy atom. The fourth-order valence-electron chi connectivity index (χ4n) is 8.12. The Labute approximate surface area is 513 Å². The Bertz CT molecular complexity index is 1990. The van der Waals surface area contributed by atoms with Crippen LogP contribution in [0.15, 0.2) is 109 Å². The van der Waals surface area contributed by atoms with Crippen LogP contribution in [0.2, 0.25) is 0 Å². The molecule has 0 aromatic rings. The molecule has 0 fully saturated rings. The van der Waals surface area contributed by atoms with Gasteiger partial charge in [0, 0.05) is 19.3 Å². The van der Waals surface area contributed by atoms with Crippen molar-refractivity contribution < 1.29 is 75.8 Å². The number of phosphoric ester groups is 2. The molecule has 0 spiro atoms. The molecule has 0 aromatic carbocycles. The molecule has 85 heavy (non-hydrogen) atoms. The summed E-state index contributed by atoms with van der Waals surface area (Å²) in [7, 11) is -9.78. The first kappa shape index (κ1) is 81.2. The fourth-order valence-corrected chi connectivity index (χ4v) is 9.70. The molecule has 0 saturated heterocycles. The van der Waals surface area contributed by atoms with Gasteiger partial charge in [-0.1, -0.05) is 226 Å². The third-order valence-corrected chi connectivity index (χ3v) is 14.9. The van der Waals surface area contributed by atoms with Crippen molar-refractivity contribution in [2.24, 2.45) is 0 Å². The minimum absolute atomic E-state index is 0.0989. The molecule has 18 heteroatoms. The number of phosphoric acid groups is 2. The van der Waals surface area contributed by atoms with E-state index in [1.807, 2.05) is 0 Å². The quantitative estimate of drug-likeness (QED) is 0.0146. The normalized spacial score (nSPS) is 15.0. The Morgan fingerprint density at radius 1 is 0.341 bits per heavy atom. The van der Waals surface area contributed by atoms with E-state index in [-0.39, 0.29) is 19.3 Å². The van der Waals surface area contributed by atoms with Crippen molar-refractivity contribution in [1.82, 2.24) is 0 Å². The smallest absolute Gasteiger partial charge is 0.463 e. The lowest BCUT2D eigenvalue weighted by atomic mass is 10.1. The highest BCUT2D eigenvalue weighted by atomic mass is 31.2. The first-order valence-electron chi connectivity index (χ1n) is 32.2. The number of hydrogen-bond acceptors (Lipinski definition) is 14. The Balaban J connectivity index is 4.63. The van der Waals surface area contributed by atoms with Crippen LogP contribution < -0.4 is 0 Å². The second-order valence-electron chi connectivity index (χ2n) is 21.2. The average Bonchev–Trinajstić information content (AvgIpc) is 3.60. The number of hydrogen-bond donors (Lipinski definition) is 4. The van der Waals surface area contributed by atoms with Gasteiger partial charge in [0.25, 0.3) is 0 Å². The van der Waals surface area contributed by atoms with Crippen LogP contribution in [0.4, 0.5) is 0 Å². The van der Waals surface area contributed by atoms with Crippen LogP contribution in [0.3, 0.4) is 0 Å². The van der Waals surface area contributed by atoms with Gasteiger partial charge >= 0.3 is 33.6 Å². The molecule has 488 valence electrons. The number of carbonyl (C=O) groups excluding carboxylic acids is 3. The minimum Gasteiger partial charge on any atom is -0.463 e. The molecule has 0 aromatic heterocycles. The largest absolute Gasteiger partial charge is 0.472 e. The van der Waals surface area contributed by atoms with Gasteiger partial charge in [-0.05, 0) is 103 Å². The first-order chi connectivity index (χ1) is 41.2. The first-order valence-corrected chi connectivity index (χ1v) is 35.2. The third kappa shape index (κ3) is 61.6. The predicted molar refractivity (Wildman–Crippen MR) is 344 cm³/mol. The number of ether oxygens (including phenoxy) is 3. The maximum atomic E-state index is 12.8. The van der Waals surface area contributed by atoms with Gasteiger partial charge < -0.3 is 34.2 Å². The summed E-state index contributed by atoms with van der Waals surface area (Å²) in [5, 5.41) is 20.5. The second kappa shape index (κ2) is 60.5. The van der Waals surface area contributed by atoms with Gasteiger partial charge in [-0.15, -0.1) is 0 Å². The Kier molecular flexibility index (Phi) is 57.8. The van der Waals surface area contributed by atoms with Crippen molar-refractivity contribution in [1.29, 1.82) is 0 Å². The van der Waals surface area contributed by atoms with Gasteiger partial charge in [0.1, 0.15) is 25.4 Å². The Morgan fingerprint density at radius 3 is 0.988 bits per heavy atom. The summed E-state index contributed by atoms with van der Waals surface area (Å²) in [5.74, 6) is -1.62. The highest BCUT2D eigenvalue weighted by molar-refractivity contribution is 7.47. The highest BCUT2D eigenvalue weighted by Gasteiger charge is 2.29. The molecular weight excluding hydrogens is 1120 g/mol. The molecule has 0 amide bonds. The van der Waals surface area contributed by atoms with E-state index in [0.717, 1.165) is 141 Å². The zero-order valence-electron chi connectivity index (χ0n) is 52.5. The number of unbranched alkanes of at least 4 members (excludes halogenated alkanes) is 19. The molecule has 0 aliphatic rings. The van der Waals surface area contributed by atoms with E-state index < -0.39 is 91.5 Å². The summed E-state index contributed by atoms with van der Waals surface area (Å²) in [6.45, 7) is 2.36. The fraction of sp³-hybridized carbons (Fsp3) is 0.687. The van der Waals surface area contributed by atoms with Crippen molar-refractivity contribution in [3.63, 3.8) is 0 Å². The number of aliphatic hydroxyl groups excluding tert-OH is 2. The van der Waals surface area contributed by atoms with Crippen molar-refractivity contribution in [2.75, 3.05) is 39.6 Å². The predicted octanol–water partition coefficient (Wildman–Crippen LogP) is 17.3. The molecule has 5 atom stereocenters. The van der Waals surface area contributed by atoms with Gasteiger partial charge in [0.15, 0.2) is 6.10 Å². The summed E-state index contributed by atoms with van der Waals surface area (Å²) >= 11 is 0. The van der Waals surface area contributed by atoms with Gasteiger partial charge in [0.2, 0.25) is 0 Å². The number of allylic oxidation sites excluding steroid dienone is 18. The second-order valence-corrected chi connectivity index (χ2v) is 24.1.